The molecule has 0 bridgehead atoms. The van der Waals surface area contributed by atoms with Crippen molar-refractivity contribution in [1.82, 2.24) is 14.9 Å². The Morgan fingerprint density at radius 1 is 1.04 bits per heavy atom. The Labute approximate surface area is 143 Å². The Balaban J connectivity index is 1.87. The van der Waals surface area contributed by atoms with Gasteiger partial charge in [-0.3, -0.25) is 4.79 Å². The Morgan fingerprint density at radius 2 is 1.71 bits per heavy atom. The molecule has 1 N–H and O–H groups in total. The van der Waals surface area contributed by atoms with Gasteiger partial charge in [-0.05, 0) is 51.2 Å². The van der Waals surface area contributed by atoms with Crippen molar-refractivity contribution >= 4 is 17.4 Å². The molecule has 24 heavy (non-hydrogen) atoms. The maximum atomic E-state index is 12.7. The van der Waals surface area contributed by atoms with Crippen LogP contribution < -0.4 is 5.32 Å². The Morgan fingerprint density at radius 3 is 2.38 bits per heavy atom. The molecule has 5 heteroatoms. The summed E-state index contributed by atoms with van der Waals surface area (Å²) in [4.78, 5) is 23.4. The average molecular weight is 324 g/mol. The molecule has 0 unspecified atom stereocenters. The molecule has 1 aliphatic rings. The number of carbonyl (C=O) groups excluding carboxylic acids is 1. The van der Waals surface area contributed by atoms with Crippen molar-refractivity contribution in [3.05, 3.63) is 46.9 Å². The van der Waals surface area contributed by atoms with Crippen LogP contribution in [0.15, 0.2) is 24.3 Å². The van der Waals surface area contributed by atoms with Crippen LogP contribution in [-0.4, -0.2) is 33.9 Å². The molecule has 126 valence electrons. The number of rotatable bonds is 3. The van der Waals surface area contributed by atoms with E-state index in [1.807, 2.05) is 17.9 Å². The first-order valence-electron chi connectivity index (χ1n) is 8.53. The number of likely N-dealkylation sites (tertiary alicyclic amines) is 1. The van der Waals surface area contributed by atoms with E-state index in [9.17, 15) is 4.79 Å². The number of nitrogens with zero attached hydrogens (tertiary/aromatic N) is 3. The first-order chi connectivity index (χ1) is 11.5. The number of aryl methyl sites for hydroxylation is 3. The molecule has 2 heterocycles. The summed E-state index contributed by atoms with van der Waals surface area (Å²) in [5, 5.41) is 3.36. The molecule has 0 spiro atoms. The molecule has 1 amide bonds. The van der Waals surface area contributed by atoms with E-state index >= 15 is 0 Å². The maximum absolute atomic E-state index is 12.7. The van der Waals surface area contributed by atoms with Crippen molar-refractivity contribution in [2.45, 2.75) is 40.0 Å². The molecule has 0 saturated carbocycles. The lowest BCUT2D eigenvalue weighted by atomic mass is 10.1. The molecule has 1 saturated heterocycles. The van der Waals surface area contributed by atoms with Crippen molar-refractivity contribution in [1.29, 1.82) is 0 Å². The van der Waals surface area contributed by atoms with Gasteiger partial charge in [0.25, 0.3) is 5.91 Å². The fraction of sp³-hybridized carbons (Fsp3) is 0.421. The summed E-state index contributed by atoms with van der Waals surface area (Å²) in [7, 11) is 0. The van der Waals surface area contributed by atoms with E-state index in [1.165, 1.54) is 6.42 Å². The zero-order valence-electron chi connectivity index (χ0n) is 14.6. The van der Waals surface area contributed by atoms with Gasteiger partial charge in [0.15, 0.2) is 0 Å². The number of benzene rings is 1. The fourth-order valence-electron chi connectivity index (χ4n) is 3.14. The van der Waals surface area contributed by atoms with Gasteiger partial charge in [-0.25, -0.2) is 9.97 Å². The van der Waals surface area contributed by atoms with Gasteiger partial charge in [-0.2, -0.15) is 0 Å². The van der Waals surface area contributed by atoms with Crippen molar-refractivity contribution in [2.75, 3.05) is 18.4 Å². The summed E-state index contributed by atoms with van der Waals surface area (Å²) in [6.45, 7) is 7.58. The summed E-state index contributed by atoms with van der Waals surface area (Å²) in [5.74, 6) is 1.27. The van der Waals surface area contributed by atoms with E-state index in [-0.39, 0.29) is 5.91 Å². The van der Waals surface area contributed by atoms with Gasteiger partial charge in [0, 0.05) is 24.8 Å². The SMILES string of the molecule is Cc1nc(Nc2c(C)cccc2C)cc(C(=O)N2CCCCC2)n1. The highest BCUT2D eigenvalue weighted by Gasteiger charge is 2.20. The lowest BCUT2D eigenvalue weighted by Gasteiger charge is -2.26. The van der Waals surface area contributed by atoms with Gasteiger partial charge < -0.3 is 10.2 Å². The van der Waals surface area contributed by atoms with Crippen molar-refractivity contribution in [3.63, 3.8) is 0 Å². The van der Waals surface area contributed by atoms with Gasteiger partial charge in [0.05, 0.1) is 0 Å². The van der Waals surface area contributed by atoms with Crippen LogP contribution in [-0.2, 0) is 0 Å². The predicted molar refractivity (Wildman–Crippen MR) is 95.7 cm³/mol. The zero-order chi connectivity index (χ0) is 17.1. The number of amides is 1. The quantitative estimate of drug-likeness (QED) is 0.933. The number of para-hydroxylation sites is 1. The first kappa shape index (κ1) is 16.4. The van der Waals surface area contributed by atoms with Gasteiger partial charge >= 0.3 is 0 Å². The van der Waals surface area contributed by atoms with E-state index in [0.717, 1.165) is 42.7 Å². The molecule has 0 atom stereocenters. The third-order valence-electron chi connectivity index (χ3n) is 4.43. The Bertz CT molecular complexity index is 731. The normalized spacial score (nSPS) is 14.5. The Kier molecular flexibility index (Phi) is 4.79. The highest BCUT2D eigenvalue weighted by Crippen LogP contribution is 2.24. The molecular formula is C19H24N4O. The fourth-order valence-corrected chi connectivity index (χ4v) is 3.14. The molecule has 1 aromatic heterocycles. The zero-order valence-corrected chi connectivity index (χ0v) is 14.6. The Hall–Kier alpha value is -2.43. The number of carbonyl (C=O) groups is 1. The molecule has 1 fully saturated rings. The second-order valence-corrected chi connectivity index (χ2v) is 6.43. The summed E-state index contributed by atoms with van der Waals surface area (Å²) < 4.78 is 0. The lowest BCUT2D eigenvalue weighted by molar-refractivity contribution is 0.0718. The summed E-state index contributed by atoms with van der Waals surface area (Å²) in [5.41, 5.74) is 3.80. The minimum absolute atomic E-state index is 0.00440. The predicted octanol–water partition coefficient (Wildman–Crippen LogP) is 3.77. The minimum atomic E-state index is 0.00440. The number of hydrogen-bond acceptors (Lipinski definition) is 4. The van der Waals surface area contributed by atoms with E-state index in [0.29, 0.717) is 17.3 Å². The first-order valence-corrected chi connectivity index (χ1v) is 8.53. The van der Waals surface area contributed by atoms with Crippen molar-refractivity contribution < 1.29 is 4.79 Å². The van der Waals surface area contributed by atoms with Crippen LogP contribution in [0, 0.1) is 20.8 Å². The summed E-state index contributed by atoms with van der Waals surface area (Å²) >= 11 is 0. The third kappa shape index (κ3) is 3.55. The van der Waals surface area contributed by atoms with E-state index in [4.69, 9.17) is 0 Å². The minimum Gasteiger partial charge on any atom is -0.340 e. The van der Waals surface area contributed by atoms with Gasteiger partial charge in [0.1, 0.15) is 17.3 Å². The second-order valence-electron chi connectivity index (χ2n) is 6.43. The van der Waals surface area contributed by atoms with Gasteiger partial charge in [0.2, 0.25) is 0 Å². The number of hydrogen-bond donors (Lipinski definition) is 1. The molecule has 2 aromatic rings. The van der Waals surface area contributed by atoms with Gasteiger partial charge in [-0.1, -0.05) is 18.2 Å². The second kappa shape index (κ2) is 6.99. The standard InChI is InChI=1S/C19H24N4O/c1-13-8-7-9-14(2)18(13)22-17-12-16(20-15(3)21-17)19(24)23-10-5-4-6-11-23/h7-9,12H,4-6,10-11H2,1-3H3,(H,20,21,22). The average Bonchev–Trinajstić information content (AvgIpc) is 2.58. The molecule has 0 radical (unpaired) electrons. The molecule has 3 rings (SSSR count). The van der Waals surface area contributed by atoms with Crippen LogP contribution in [0.3, 0.4) is 0 Å². The van der Waals surface area contributed by atoms with Crippen LogP contribution in [0.25, 0.3) is 0 Å². The number of piperidine rings is 1. The highest BCUT2D eigenvalue weighted by atomic mass is 16.2. The molecule has 5 nitrogen and oxygen atoms in total. The van der Waals surface area contributed by atoms with Gasteiger partial charge in [-0.15, -0.1) is 0 Å². The maximum Gasteiger partial charge on any atom is 0.272 e. The smallest absolute Gasteiger partial charge is 0.272 e. The van der Waals surface area contributed by atoms with Crippen LogP contribution in [0.2, 0.25) is 0 Å². The summed E-state index contributed by atoms with van der Waals surface area (Å²) in [6, 6.07) is 7.91. The van der Waals surface area contributed by atoms with Crippen LogP contribution >= 0.6 is 0 Å². The van der Waals surface area contributed by atoms with E-state index < -0.39 is 0 Å². The molecule has 1 aliphatic heterocycles. The largest absolute Gasteiger partial charge is 0.340 e. The van der Waals surface area contributed by atoms with Crippen LogP contribution in [0.5, 0.6) is 0 Å². The van der Waals surface area contributed by atoms with E-state index in [1.54, 1.807) is 6.07 Å². The van der Waals surface area contributed by atoms with Crippen molar-refractivity contribution in [3.8, 4) is 0 Å². The van der Waals surface area contributed by atoms with Crippen molar-refractivity contribution in [2.24, 2.45) is 0 Å². The highest BCUT2D eigenvalue weighted by molar-refractivity contribution is 5.93. The third-order valence-corrected chi connectivity index (χ3v) is 4.43. The molecule has 1 aromatic carbocycles. The lowest BCUT2D eigenvalue weighted by Crippen LogP contribution is -2.36. The molecule has 0 aliphatic carbocycles. The van der Waals surface area contributed by atoms with E-state index in [2.05, 4.69) is 41.3 Å². The van der Waals surface area contributed by atoms with Crippen LogP contribution in [0.1, 0.15) is 46.7 Å². The topological polar surface area (TPSA) is 58.1 Å². The van der Waals surface area contributed by atoms with Crippen LogP contribution in [0.4, 0.5) is 11.5 Å². The number of aromatic nitrogens is 2. The number of nitrogens with one attached hydrogen (secondary N) is 1. The molecular weight excluding hydrogens is 300 g/mol. The monoisotopic (exact) mass is 324 g/mol. The summed E-state index contributed by atoms with van der Waals surface area (Å²) in [6.07, 6.45) is 3.35. The number of anilines is 2.